The third-order valence-electron chi connectivity index (χ3n) is 4.08. The van der Waals surface area contributed by atoms with Crippen LogP contribution in [0, 0.1) is 0 Å². The Morgan fingerprint density at radius 2 is 1.68 bits per heavy atom. The Hall–Kier alpha value is -3.18. The second-order valence-corrected chi connectivity index (χ2v) is 6.32. The number of rotatable bonds is 7. The fraction of sp³-hybridized carbons (Fsp3) is 0.136. The molecule has 1 N–H and O–H groups in total. The molecule has 0 atom stereocenters. The molecule has 144 valence electrons. The summed E-state index contributed by atoms with van der Waals surface area (Å²) in [6, 6.07) is 20.5. The van der Waals surface area contributed by atoms with E-state index >= 15 is 0 Å². The molecule has 0 unspecified atom stereocenters. The van der Waals surface area contributed by atoms with Gasteiger partial charge in [0, 0.05) is 6.07 Å². The van der Waals surface area contributed by atoms with Crippen LogP contribution in [0.2, 0.25) is 5.02 Å². The van der Waals surface area contributed by atoms with Crippen molar-refractivity contribution in [3.05, 3.63) is 71.8 Å². The fourth-order valence-electron chi connectivity index (χ4n) is 2.66. The minimum Gasteiger partial charge on any atom is -0.497 e. The molecular weight excluding hydrogens is 378 g/mol. The van der Waals surface area contributed by atoms with Gasteiger partial charge in [0.1, 0.15) is 17.2 Å². The maximum absolute atomic E-state index is 12.2. The molecule has 0 saturated heterocycles. The Morgan fingerprint density at radius 1 is 0.893 bits per heavy atom. The third-order valence-corrected chi connectivity index (χ3v) is 4.38. The predicted octanol–water partition coefficient (Wildman–Crippen LogP) is 5.04. The first-order valence-electron chi connectivity index (χ1n) is 8.60. The Labute approximate surface area is 168 Å². The molecule has 0 radical (unpaired) electrons. The number of carbonyl (C=O) groups is 1. The summed E-state index contributed by atoms with van der Waals surface area (Å²) in [5.74, 6) is 1.25. The normalized spacial score (nSPS) is 10.2. The molecule has 28 heavy (non-hydrogen) atoms. The number of methoxy groups -OCH3 is 2. The lowest BCUT2D eigenvalue weighted by Gasteiger charge is -2.13. The lowest BCUT2D eigenvalue weighted by Crippen LogP contribution is -2.20. The topological polar surface area (TPSA) is 56.8 Å². The summed E-state index contributed by atoms with van der Waals surface area (Å²) in [6.07, 6.45) is 0. The minimum atomic E-state index is -0.327. The van der Waals surface area contributed by atoms with Crippen molar-refractivity contribution in [2.75, 3.05) is 26.1 Å². The maximum Gasteiger partial charge on any atom is 0.262 e. The quantitative estimate of drug-likeness (QED) is 0.606. The molecule has 0 heterocycles. The van der Waals surface area contributed by atoms with Crippen LogP contribution in [0.5, 0.6) is 17.2 Å². The molecule has 5 nitrogen and oxygen atoms in total. The first kappa shape index (κ1) is 19.6. The van der Waals surface area contributed by atoms with E-state index in [0.29, 0.717) is 28.0 Å². The van der Waals surface area contributed by atoms with Gasteiger partial charge in [-0.15, -0.1) is 0 Å². The van der Waals surface area contributed by atoms with Crippen molar-refractivity contribution in [2.24, 2.45) is 0 Å². The van der Waals surface area contributed by atoms with Crippen LogP contribution >= 0.6 is 11.6 Å². The van der Waals surface area contributed by atoms with Crippen LogP contribution in [0.3, 0.4) is 0 Å². The van der Waals surface area contributed by atoms with Crippen LogP contribution in [-0.4, -0.2) is 26.7 Å². The second kappa shape index (κ2) is 9.15. The number of ether oxygens (including phenoxy) is 3. The van der Waals surface area contributed by atoms with E-state index in [1.807, 2.05) is 42.5 Å². The van der Waals surface area contributed by atoms with Gasteiger partial charge < -0.3 is 19.5 Å². The van der Waals surface area contributed by atoms with Gasteiger partial charge >= 0.3 is 0 Å². The van der Waals surface area contributed by atoms with E-state index in [9.17, 15) is 4.79 Å². The maximum atomic E-state index is 12.2. The van der Waals surface area contributed by atoms with E-state index in [2.05, 4.69) is 5.32 Å². The van der Waals surface area contributed by atoms with Crippen molar-refractivity contribution < 1.29 is 19.0 Å². The molecule has 6 heteroatoms. The van der Waals surface area contributed by atoms with Crippen molar-refractivity contribution in [2.45, 2.75) is 0 Å². The largest absolute Gasteiger partial charge is 0.497 e. The molecule has 3 aromatic carbocycles. The highest BCUT2D eigenvalue weighted by atomic mass is 35.5. The third kappa shape index (κ3) is 4.75. The van der Waals surface area contributed by atoms with Crippen LogP contribution in [0.15, 0.2) is 66.7 Å². The lowest BCUT2D eigenvalue weighted by atomic mass is 10.1. The van der Waals surface area contributed by atoms with Crippen molar-refractivity contribution in [3.8, 4) is 28.4 Å². The minimum absolute atomic E-state index is 0.181. The van der Waals surface area contributed by atoms with Crippen molar-refractivity contribution in [1.82, 2.24) is 0 Å². The SMILES string of the molecule is COc1ccc(NC(=O)COc2ccc(-c3ccccc3)cc2Cl)c(OC)c1. The van der Waals surface area contributed by atoms with Gasteiger partial charge in [0.25, 0.3) is 5.91 Å². The van der Waals surface area contributed by atoms with Crippen molar-refractivity contribution in [3.63, 3.8) is 0 Å². The van der Waals surface area contributed by atoms with E-state index in [1.165, 1.54) is 7.11 Å². The number of amides is 1. The molecule has 0 spiro atoms. The zero-order valence-electron chi connectivity index (χ0n) is 15.6. The van der Waals surface area contributed by atoms with Crippen molar-refractivity contribution >= 4 is 23.2 Å². The number of carbonyl (C=O) groups excluding carboxylic acids is 1. The first-order valence-corrected chi connectivity index (χ1v) is 8.98. The van der Waals surface area contributed by atoms with Gasteiger partial charge in [-0.2, -0.15) is 0 Å². The molecule has 0 saturated carbocycles. The highest BCUT2D eigenvalue weighted by Gasteiger charge is 2.11. The van der Waals surface area contributed by atoms with Gasteiger partial charge in [0.05, 0.1) is 24.9 Å². The van der Waals surface area contributed by atoms with Crippen LogP contribution < -0.4 is 19.5 Å². The standard InChI is InChI=1S/C22H20ClNO4/c1-26-17-9-10-19(21(13-17)27-2)24-22(25)14-28-20-11-8-16(12-18(20)23)15-6-4-3-5-7-15/h3-13H,14H2,1-2H3,(H,24,25). The van der Waals surface area contributed by atoms with E-state index in [0.717, 1.165) is 11.1 Å². The molecule has 0 fully saturated rings. The Kier molecular flexibility index (Phi) is 6.40. The van der Waals surface area contributed by atoms with Crippen LogP contribution in [-0.2, 0) is 4.79 Å². The summed E-state index contributed by atoms with van der Waals surface area (Å²) in [6.45, 7) is -0.181. The number of anilines is 1. The van der Waals surface area contributed by atoms with Crippen LogP contribution in [0.1, 0.15) is 0 Å². The molecule has 3 rings (SSSR count). The summed E-state index contributed by atoms with van der Waals surface area (Å²) in [5.41, 5.74) is 2.56. The van der Waals surface area contributed by atoms with Crippen LogP contribution in [0.25, 0.3) is 11.1 Å². The molecule has 0 aliphatic rings. The first-order chi connectivity index (χ1) is 13.6. The Balaban J connectivity index is 1.63. The smallest absolute Gasteiger partial charge is 0.262 e. The van der Waals surface area contributed by atoms with Gasteiger partial charge in [0.2, 0.25) is 0 Å². The Bertz CT molecular complexity index is 960. The van der Waals surface area contributed by atoms with Gasteiger partial charge in [-0.1, -0.05) is 48.0 Å². The van der Waals surface area contributed by atoms with Gasteiger partial charge in [-0.25, -0.2) is 0 Å². The van der Waals surface area contributed by atoms with E-state index in [4.69, 9.17) is 25.8 Å². The lowest BCUT2D eigenvalue weighted by molar-refractivity contribution is -0.118. The van der Waals surface area contributed by atoms with Gasteiger partial charge in [0.15, 0.2) is 6.61 Å². The molecule has 0 aromatic heterocycles. The molecule has 3 aromatic rings. The average Bonchev–Trinajstić information content (AvgIpc) is 2.73. The van der Waals surface area contributed by atoms with E-state index < -0.39 is 0 Å². The highest BCUT2D eigenvalue weighted by molar-refractivity contribution is 6.32. The second-order valence-electron chi connectivity index (χ2n) is 5.91. The highest BCUT2D eigenvalue weighted by Crippen LogP contribution is 2.31. The summed E-state index contributed by atoms with van der Waals surface area (Å²) < 4.78 is 16.0. The van der Waals surface area contributed by atoms with E-state index in [1.54, 1.807) is 31.4 Å². The molecule has 0 aliphatic heterocycles. The summed E-state index contributed by atoms with van der Waals surface area (Å²) in [7, 11) is 3.09. The predicted molar refractivity (Wildman–Crippen MR) is 111 cm³/mol. The van der Waals surface area contributed by atoms with Crippen molar-refractivity contribution in [1.29, 1.82) is 0 Å². The molecule has 1 amide bonds. The zero-order valence-corrected chi connectivity index (χ0v) is 16.3. The number of hydrogen-bond acceptors (Lipinski definition) is 4. The summed E-state index contributed by atoms with van der Waals surface area (Å²) >= 11 is 6.31. The van der Waals surface area contributed by atoms with Crippen LogP contribution in [0.4, 0.5) is 5.69 Å². The molecular formula is C22H20ClNO4. The molecule has 0 bridgehead atoms. The average molecular weight is 398 g/mol. The summed E-state index contributed by atoms with van der Waals surface area (Å²) in [5, 5.41) is 3.19. The Morgan fingerprint density at radius 3 is 2.36 bits per heavy atom. The molecule has 0 aliphatic carbocycles. The summed E-state index contributed by atoms with van der Waals surface area (Å²) in [4.78, 5) is 12.2. The number of benzene rings is 3. The monoisotopic (exact) mass is 397 g/mol. The number of hydrogen-bond donors (Lipinski definition) is 1. The van der Waals surface area contributed by atoms with Gasteiger partial charge in [-0.3, -0.25) is 4.79 Å². The fourth-order valence-corrected chi connectivity index (χ4v) is 2.89. The number of nitrogens with one attached hydrogen (secondary N) is 1. The van der Waals surface area contributed by atoms with E-state index in [-0.39, 0.29) is 12.5 Å². The van der Waals surface area contributed by atoms with Gasteiger partial charge in [-0.05, 0) is 35.4 Å². The number of halogens is 1. The zero-order chi connectivity index (χ0) is 19.9.